The van der Waals surface area contributed by atoms with Crippen LogP contribution in [-0.2, 0) is 0 Å². The fourth-order valence-electron chi connectivity index (χ4n) is 3.87. The summed E-state index contributed by atoms with van der Waals surface area (Å²) in [4.78, 5) is 11.0. The molecular weight excluding hydrogens is 437 g/mol. The van der Waals surface area contributed by atoms with E-state index in [9.17, 15) is 18.0 Å². The Hall–Kier alpha value is -3.12. The fourth-order valence-corrected chi connectivity index (χ4v) is 4.10. The molecule has 0 fully saturated rings. The highest BCUT2D eigenvalue weighted by molar-refractivity contribution is 6.30. The summed E-state index contributed by atoms with van der Waals surface area (Å²) in [6.45, 7) is 1.98. The predicted octanol–water partition coefficient (Wildman–Crippen LogP) is 7.41. The molecule has 0 N–H and O–H groups in total. The highest BCUT2D eigenvalue weighted by Gasteiger charge is 2.29. The number of rotatable bonds is 6. The second-order valence-corrected chi connectivity index (χ2v) is 8.23. The molecule has 164 valence electrons. The van der Waals surface area contributed by atoms with Crippen LogP contribution in [0.1, 0.15) is 40.4 Å². The molecule has 7 heteroatoms. The molecule has 1 aromatic heterocycles. The molecule has 0 aliphatic rings. The zero-order valence-electron chi connectivity index (χ0n) is 17.2. The second-order valence-electron chi connectivity index (χ2n) is 7.80. The Kier molecular flexibility index (Phi) is 6.07. The van der Waals surface area contributed by atoms with Crippen molar-refractivity contribution in [1.29, 1.82) is 0 Å². The van der Waals surface area contributed by atoms with Crippen molar-refractivity contribution in [2.75, 3.05) is 0 Å². The molecule has 4 aromatic rings. The maximum absolute atomic E-state index is 13.0. The summed E-state index contributed by atoms with van der Waals surface area (Å²) in [5, 5.41) is 6.05. The molecule has 1 unspecified atom stereocenters. The third-order valence-corrected chi connectivity index (χ3v) is 5.73. The highest BCUT2D eigenvalue weighted by atomic mass is 35.5. The molecule has 0 radical (unpaired) electrons. The first kappa shape index (κ1) is 22.1. The normalized spacial score (nSPS) is 12.8. The first-order valence-electron chi connectivity index (χ1n) is 10.1. The predicted molar refractivity (Wildman–Crippen MR) is 120 cm³/mol. The lowest BCUT2D eigenvalue weighted by Gasteiger charge is -2.19. The minimum atomic E-state index is -4.27. The van der Waals surface area contributed by atoms with Gasteiger partial charge in [-0.2, -0.15) is 18.3 Å². The first-order valence-corrected chi connectivity index (χ1v) is 10.5. The summed E-state index contributed by atoms with van der Waals surface area (Å²) >= 11 is 6.06. The zero-order chi connectivity index (χ0) is 22.9. The van der Waals surface area contributed by atoms with Gasteiger partial charge in [0.2, 0.25) is 0 Å². The second kappa shape index (κ2) is 8.79. The summed E-state index contributed by atoms with van der Waals surface area (Å²) in [5.41, 5.74) is 4.87. The minimum absolute atomic E-state index is 0.152. The van der Waals surface area contributed by atoms with Gasteiger partial charge in [0, 0.05) is 28.6 Å². The molecule has 0 spiro atoms. The summed E-state index contributed by atoms with van der Waals surface area (Å²) in [5.74, 6) is 0. The van der Waals surface area contributed by atoms with Gasteiger partial charge in [-0.05, 0) is 59.9 Å². The monoisotopic (exact) mass is 456 g/mol. The summed E-state index contributed by atoms with van der Waals surface area (Å²) < 4.78 is 40.6. The third-order valence-electron chi connectivity index (χ3n) is 5.50. The number of nitrogens with zero attached hydrogens (tertiary/aromatic N) is 2. The molecule has 0 aliphatic carbocycles. The van der Waals surface area contributed by atoms with Crippen molar-refractivity contribution in [1.82, 2.24) is 9.78 Å². The lowest BCUT2D eigenvalue weighted by molar-refractivity contribution is -0.136. The molecule has 1 atom stereocenters. The van der Waals surface area contributed by atoms with Crippen molar-refractivity contribution >= 4 is 28.8 Å². The summed E-state index contributed by atoms with van der Waals surface area (Å²) in [6, 6.07) is 17.4. The number of carbonyl (C=O) groups excluding carboxylic acids is 1. The maximum Gasteiger partial charge on any atom is 0.389 e. The van der Waals surface area contributed by atoms with Gasteiger partial charge in [0.1, 0.15) is 6.29 Å². The number of aldehydes is 1. The standard InChI is InChI=1S/C25H20ClF3N2O/c1-16-12-21(26)7-8-22(16)19-6-9-23-20(13-19)14-31(30-23)24(10-11-25(27,28)29)18-4-2-17(15-32)3-5-18/h2-9,12-15,24H,10-11H2,1H3. The van der Waals surface area contributed by atoms with E-state index in [1.807, 2.05) is 43.3 Å². The van der Waals surface area contributed by atoms with Gasteiger partial charge < -0.3 is 0 Å². The van der Waals surface area contributed by atoms with Crippen molar-refractivity contribution in [3.63, 3.8) is 0 Å². The van der Waals surface area contributed by atoms with Gasteiger partial charge in [-0.1, -0.05) is 48.0 Å². The van der Waals surface area contributed by atoms with Crippen molar-refractivity contribution < 1.29 is 18.0 Å². The van der Waals surface area contributed by atoms with Gasteiger partial charge in [-0.15, -0.1) is 0 Å². The molecule has 0 saturated carbocycles. The highest BCUT2D eigenvalue weighted by Crippen LogP contribution is 2.33. The number of halogens is 4. The number of aryl methyl sites for hydroxylation is 1. The molecule has 3 nitrogen and oxygen atoms in total. The average molecular weight is 457 g/mol. The molecule has 0 aliphatic heterocycles. The van der Waals surface area contributed by atoms with Crippen LogP contribution in [0.3, 0.4) is 0 Å². The Morgan fingerprint density at radius 1 is 1.06 bits per heavy atom. The largest absolute Gasteiger partial charge is 0.389 e. The van der Waals surface area contributed by atoms with E-state index in [-0.39, 0.29) is 6.42 Å². The van der Waals surface area contributed by atoms with Crippen molar-refractivity contribution in [2.45, 2.75) is 32.0 Å². The maximum atomic E-state index is 13.0. The van der Waals surface area contributed by atoms with Crippen LogP contribution in [-0.4, -0.2) is 22.2 Å². The Morgan fingerprint density at radius 2 is 1.81 bits per heavy atom. The van der Waals surface area contributed by atoms with Gasteiger partial charge >= 0.3 is 6.18 Å². The lowest BCUT2D eigenvalue weighted by atomic mass is 9.99. The molecule has 4 rings (SSSR count). The lowest BCUT2D eigenvalue weighted by Crippen LogP contribution is -2.16. The molecular formula is C25H20ClF3N2O. The van der Waals surface area contributed by atoms with E-state index in [2.05, 4.69) is 5.10 Å². The smallest absolute Gasteiger partial charge is 0.298 e. The molecule has 0 bridgehead atoms. The van der Waals surface area contributed by atoms with E-state index in [0.717, 1.165) is 22.1 Å². The Bertz CT molecular complexity index is 1260. The summed E-state index contributed by atoms with van der Waals surface area (Å²) in [6.07, 6.45) is -2.87. The number of fused-ring (bicyclic) bond motifs is 1. The SMILES string of the molecule is Cc1cc(Cl)ccc1-c1ccc2nn(C(CCC(F)(F)F)c3ccc(C=O)cc3)cc2c1. The number of alkyl halides is 3. The van der Waals surface area contributed by atoms with Gasteiger partial charge in [-0.3, -0.25) is 9.48 Å². The molecule has 3 aromatic carbocycles. The number of carbonyl (C=O) groups is 1. The van der Waals surface area contributed by atoms with Gasteiger partial charge in [0.15, 0.2) is 0 Å². The number of hydrogen-bond acceptors (Lipinski definition) is 2. The van der Waals surface area contributed by atoms with Crippen LogP contribution in [0.4, 0.5) is 13.2 Å². The molecule has 32 heavy (non-hydrogen) atoms. The van der Waals surface area contributed by atoms with Crippen LogP contribution >= 0.6 is 11.6 Å². The van der Waals surface area contributed by atoms with Crippen LogP contribution in [0.2, 0.25) is 5.02 Å². The van der Waals surface area contributed by atoms with Crippen LogP contribution in [0.15, 0.2) is 66.9 Å². The third kappa shape index (κ3) is 4.86. The van der Waals surface area contributed by atoms with E-state index < -0.39 is 18.6 Å². The molecule has 0 saturated heterocycles. The van der Waals surface area contributed by atoms with Gasteiger partial charge in [-0.25, -0.2) is 0 Å². The van der Waals surface area contributed by atoms with E-state index in [1.54, 1.807) is 35.1 Å². The fraction of sp³-hybridized carbons (Fsp3) is 0.200. The molecule has 1 heterocycles. The van der Waals surface area contributed by atoms with E-state index in [4.69, 9.17) is 11.6 Å². The van der Waals surface area contributed by atoms with Crippen LogP contribution < -0.4 is 0 Å². The number of benzene rings is 3. The topological polar surface area (TPSA) is 34.9 Å². The van der Waals surface area contributed by atoms with Crippen LogP contribution in [0.5, 0.6) is 0 Å². The van der Waals surface area contributed by atoms with Crippen molar-refractivity contribution in [2.24, 2.45) is 0 Å². The summed E-state index contributed by atoms with van der Waals surface area (Å²) in [7, 11) is 0. The average Bonchev–Trinajstić information content (AvgIpc) is 3.16. The van der Waals surface area contributed by atoms with Crippen LogP contribution in [0, 0.1) is 6.92 Å². The quantitative estimate of drug-likeness (QED) is 0.283. The number of hydrogen-bond donors (Lipinski definition) is 0. The Balaban J connectivity index is 1.73. The van der Waals surface area contributed by atoms with Crippen molar-refractivity contribution in [3.05, 3.63) is 88.6 Å². The zero-order valence-corrected chi connectivity index (χ0v) is 18.0. The first-order chi connectivity index (χ1) is 15.2. The van der Waals surface area contributed by atoms with E-state index >= 15 is 0 Å². The van der Waals surface area contributed by atoms with Crippen molar-refractivity contribution in [3.8, 4) is 11.1 Å². The molecule has 0 amide bonds. The van der Waals surface area contributed by atoms with Gasteiger partial charge in [0.25, 0.3) is 0 Å². The van der Waals surface area contributed by atoms with E-state index in [1.165, 1.54) is 0 Å². The van der Waals surface area contributed by atoms with Crippen LogP contribution in [0.25, 0.3) is 22.0 Å². The number of aromatic nitrogens is 2. The Morgan fingerprint density at radius 3 is 2.47 bits per heavy atom. The van der Waals surface area contributed by atoms with Gasteiger partial charge in [0.05, 0.1) is 11.6 Å². The Labute approximate surface area is 188 Å². The minimum Gasteiger partial charge on any atom is -0.298 e. The van der Waals surface area contributed by atoms with E-state index in [0.29, 0.717) is 28.0 Å².